The summed E-state index contributed by atoms with van der Waals surface area (Å²) < 4.78 is 76.5. The molecule has 2 aliphatic rings. The number of benzene rings is 2. The number of amides is 3. The van der Waals surface area contributed by atoms with Gasteiger partial charge in [0.1, 0.15) is 23.9 Å². The van der Waals surface area contributed by atoms with E-state index in [1.54, 1.807) is 0 Å². The number of esters is 1. The van der Waals surface area contributed by atoms with E-state index < -0.39 is 107 Å². The normalized spacial score (nSPS) is 26.8. The van der Waals surface area contributed by atoms with Crippen LogP contribution in [0, 0.1) is 40.9 Å². The van der Waals surface area contributed by atoms with Gasteiger partial charge in [-0.2, -0.15) is 0 Å². The van der Waals surface area contributed by atoms with Gasteiger partial charge >= 0.3 is 5.97 Å². The van der Waals surface area contributed by atoms with Crippen molar-refractivity contribution in [1.82, 2.24) is 15.5 Å². The average molecular weight is 628 g/mol. The molecule has 0 radical (unpaired) electrons. The molecule has 3 amide bonds. The molecule has 1 unspecified atom stereocenters. The zero-order valence-corrected chi connectivity index (χ0v) is 23.7. The number of aliphatic hydroxyl groups is 1. The van der Waals surface area contributed by atoms with Crippen molar-refractivity contribution in [2.45, 2.75) is 63.4 Å². The zero-order chi connectivity index (χ0) is 32.6. The summed E-state index contributed by atoms with van der Waals surface area (Å²) >= 11 is 0. The molecule has 0 bridgehead atoms. The van der Waals surface area contributed by atoms with E-state index in [0.717, 1.165) is 4.90 Å². The van der Waals surface area contributed by atoms with Crippen LogP contribution in [0.4, 0.5) is 22.0 Å². The monoisotopic (exact) mass is 627 g/mol. The Labute approximate surface area is 248 Å². The maximum Gasteiger partial charge on any atom is 0.329 e. The molecule has 4 rings (SSSR count). The van der Waals surface area contributed by atoms with E-state index in [1.165, 1.54) is 45.2 Å². The molecule has 6 atom stereocenters. The highest BCUT2D eigenvalue weighted by atomic mass is 19.2. The number of carbonyl (C=O) groups excluding carboxylic acids is 4. The highest BCUT2D eigenvalue weighted by Gasteiger charge is 2.46. The predicted molar refractivity (Wildman–Crippen MR) is 141 cm³/mol. The maximum atomic E-state index is 14.7. The second-order valence-corrected chi connectivity index (χ2v) is 11.0. The molecule has 0 aromatic heterocycles. The molecule has 1 saturated carbocycles. The lowest BCUT2D eigenvalue weighted by Gasteiger charge is -2.36. The number of phenols is 1. The summed E-state index contributed by atoms with van der Waals surface area (Å²) in [5.74, 6) is -17.5. The number of aliphatic hydroxyl groups excluding tert-OH is 1. The minimum atomic E-state index is -2.41. The number of ether oxygens (including phenoxy) is 1. The summed E-state index contributed by atoms with van der Waals surface area (Å²) in [4.78, 5) is 54.3. The van der Waals surface area contributed by atoms with Gasteiger partial charge in [-0.25, -0.2) is 26.7 Å². The number of hydrogen-bond donors (Lipinski definition) is 4. The molecule has 1 aliphatic heterocycles. The van der Waals surface area contributed by atoms with Gasteiger partial charge in [-0.1, -0.05) is 19.1 Å². The first kappa shape index (κ1) is 32.6. The number of nitrogens with zero attached hydrogens (tertiary/aromatic N) is 1. The van der Waals surface area contributed by atoms with Crippen molar-refractivity contribution >= 4 is 23.7 Å². The molecular weight excluding hydrogens is 597 g/mol. The van der Waals surface area contributed by atoms with Crippen molar-refractivity contribution < 1.29 is 56.1 Å². The number of cyclic esters (lactones) is 1. The molecule has 4 N–H and O–H groups in total. The Kier molecular flexibility index (Phi) is 9.47. The van der Waals surface area contributed by atoms with E-state index in [0.29, 0.717) is 12.8 Å². The third kappa shape index (κ3) is 6.32. The van der Waals surface area contributed by atoms with E-state index in [2.05, 4.69) is 10.6 Å². The number of aromatic hydroxyl groups is 1. The Bertz CT molecular complexity index is 1460. The number of phenolic OH excluding ortho intramolecular Hbond substituents is 1. The summed E-state index contributed by atoms with van der Waals surface area (Å²) in [5.41, 5.74) is -1.63. The Hall–Kier alpha value is -4.27. The van der Waals surface area contributed by atoms with Crippen LogP contribution in [0.25, 0.3) is 0 Å². The second-order valence-electron chi connectivity index (χ2n) is 11.0. The molecule has 1 saturated heterocycles. The van der Waals surface area contributed by atoms with Crippen LogP contribution in [-0.2, 0) is 25.5 Å². The van der Waals surface area contributed by atoms with Crippen LogP contribution in [0.1, 0.15) is 42.6 Å². The minimum absolute atomic E-state index is 0.266. The highest BCUT2D eigenvalue weighted by Crippen LogP contribution is 2.37. The average Bonchev–Trinajstić information content (AvgIpc) is 3.82. The number of nitrogens with one attached hydrogen (secondary N) is 2. The fourth-order valence-electron chi connectivity index (χ4n) is 5.21. The van der Waals surface area contributed by atoms with Gasteiger partial charge < -0.3 is 30.5 Å². The van der Waals surface area contributed by atoms with Crippen LogP contribution >= 0.6 is 0 Å². The van der Waals surface area contributed by atoms with E-state index in [9.17, 15) is 51.3 Å². The largest absolute Gasteiger partial charge is 0.507 e. The van der Waals surface area contributed by atoms with Crippen LogP contribution in [-0.4, -0.2) is 76.2 Å². The molecule has 2 aromatic rings. The SMILES string of the molecule is C[C@H]1OC(=O)C(C2CC2)N(C)C(=O)[C@H](C)[C@H](O)[C@H](Cc2c(F)c(F)c(F)c(F)c2F)NC(=O)[C@H]1NC(=O)c1ccccc1O. The highest BCUT2D eigenvalue weighted by molar-refractivity contribution is 6.00. The van der Waals surface area contributed by atoms with Gasteiger partial charge in [-0.15, -0.1) is 0 Å². The molecule has 238 valence electrons. The van der Waals surface area contributed by atoms with Crippen LogP contribution in [0.3, 0.4) is 0 Å². The molecule has 2 aromatic carbocycles. The number of rotatable bonds is 5. The van der Waals surface area contributed by atoms with Gasteiger partial charge in [0.25, 0.3) is 5.91 Å². The summed E-state index contributed by atoms with van der Waals surface area (Å²) in [6, 6.07) is 0.526. The number of hydrogen-bond acceptors (Lipinski definition) is 7. The molecular formula is C29H30F5N3O7. The van der Waals surface area contributed by atoms with Gasteiger partial charge in [0, 0.05) is 19.0 Å². The number of halogens is 5. The molecule has 2 fully saturated rings. The predicted octanol–water partition coefficient (Wildman–Crippen LogP) is 2.09. The Morgan fingerprint density at radius 1 is 1.00 bits per heavy atom. The van der Waals surface area contributed by atoms with Crippen LogP contribution < -0.4 is 10.6 Å². The molecule has 0 spiro atoms. The first-order valence-electron chi connectivity index (χ1n) is 13.7. The first-order chi connectivity index (χ1) is 20.6. The lowest BCUT2D eigenvalue weighted by atomic mass is 9.90. The van der Waals surface area contributed by atoms with Gasteiger partial charge in [0.05, 0.1) is 23.6 Å². The van der Waals surface area contributed by atoms with Crippen molar-refractivity contribution in [3.8, 4) is 5.75 Å². The quantitative estimate of drug-likeness (QED) is 0.172. The Balaban J connectivity index is 1.78. The molecule has 1 heterocycles. The van der Waals surface area contributed by atoms with Gasteiger partial charge in [0.15, 0.2) is 23.3 Å². The third-order valence-electron chi connectivity index (χ3n) is 7.93. The van der Waals surface area contributed by atoms with E-state index in [-0.39, 0.29) is 11.5 Å². The van der Waals surface area contributed by atoms with Crippen LogP contribution in [0.2, 0.25) is 0 Å². The number of carbonyl (C=O) groups is 4. The van der Waals surface area contributed by atoms with Crippen molar-refractivity contribution in [3.63, 3.8) is 0 Å². The lowest BCUT2D eigenvalue weighted by Crippen LogP contribution is -2.61. The fraction of sp³-hybridized carbons (Fsp3) is 0.448. The van der Waals surface area contributed by atoms with Crippen molar-refractivity contribution in [2.75, 3.05) is 7.05 Å². The van der Waals surface area contributed by atoms with Crippen LogP contribution in [0.5, 0.6) is 5.75 Å². The lowest BCUT2D eigenvalue weighted by molar-refractivity contribution is -0.164. The van der Waals surface area contributed by atoms with Crippen molar-refractivity contribution in [2.24, 2.45) is 11.8 Å². The fourth-order valence-corrected chi connectivity index (χ4v) is 5.21. The van der Waals surface area contributed by atoms with Gasteiger partial charge in [-0.05, 0) is 37.8 Å². The van der Waals surface area contributed by atoms with Gasteiger partial charge in [0.2, 0.25) is 17.6 Å². The first-order valence-corrected chi connectivity index (χ1v) is 13.7. The maximum absolute atomic E-state index is 14.7. The van der Waals surface area contributed by atoms with Crippen molar-refractivity contribution in [3.05, 3.63) is 64.5 Å². The molecule has 1 aliphatic carbocycles. The molecule has 44 heavy (non-hydrogen) atoms. The minimum Gasteiger partial charge on any atom is -0.507 e. The summed E-state index contributed by atoms with van der Waals surface area (Å²) in [5, 5.41) is 25.9. The summed E-state index contributed by atoms with van der Waals surface area (Å²) in [6.45, 7) is 2.44. The molecule has 15 heteroatoms. The van der Waals surface area contributed by atoms with E-state index in [1.807, 2.05) is 0 Å². The number of para-hydroxylation sites is 1. The Morgan fingerprint density at radius 2 is 1.57 bits per heavy atom. The Morgan fingerprint density at radius 3 is 2.14 bits per heavy atom. The third-order valence-corrected chi connectivity index (χ3v) is 7.93. The van der Waals surface area contributed by atoms with E-state index in [4.69, 9.17) is 4.74 Å². The second kappa shape index (κ2) is 12.8. The zero-order valence-electron chi connectivity index (χ0n) is 23.7. The number of likely N-dealkylation sites (N-methyl/N-ethyl adjacent to an activating group) is 1. The van der Waals surface area contributed by atoms with E-state index >= 15 is 0 Å². The van der Waals surface area contributed by atoms with Gasteiger partial charge in [-0.3, -0.25) is 14.4 Å². The molecule has 10 nitrogen and oxygen atoms in total. The summed E-state index contributed by atoms with van der Waals surface area (Å²) in [6.07, 6.45) is -3.49. The topological polar surface area (TPSA) is 145 Å². The standard InChI is InChI=1S/C29H30F5N3O7/c1-11-25(39)16(10-15-18(30)20(32)22(34)21(33)19(15)31)35-27(41)23(36-26(40)14-6-4-5-7-17(14)38)12(2)44-29(43)24(13-8-9-13)37(3)28(11)42/h4-7,11-13,16,23-25,38-39H,8-10H2,1-3H3,(H,35,41)(H,36,40)/t11-,12-,16+,23+,24?,25+/m1/s1. The smallest absolute Gasteiger partial charge is 0.329 e. The van der Waals surface area contributed by atoms with Crippen LogP contribution in [0.15, 0.2) is 24.3 Å². The summed E-state index contributed by atoms with van der Waals surface area (Å²) in [7, 11) is 1.28. The van der Waals surface area contributed by atoms with Crippen molar-refractivity contribution in [1.29, 1.82) is 0 Å².